The molecule has 136 valence electrons. The first-order valence-corrected chi connectivity index (χ1v) is 9.72. The third-order valence-electron chi connectivity index (χ3n) is 3.48. The van der Waals surface area contributed by atoms with E-state index in [9.17, 15) is 13.2 Å². The molecule has 25 heavy (non-hydrogen) atoms. The quantitative estimate of drug-likeness (QED) is 0.671. The third kappa shape index (κ3) is 5.63. The molecule has 0 aliphatic carbocycles. The lowest BCUT2D eigenvalue weighted by Gasteiger charge is -2.24. The van der Waals surface area contributed by atoms with Crippen molar-refractivity contribution in [2.75, 3.05) is 12.3 Å². The molecule has 0 saturated carbocycles. The average Bonchev–Trinajstić information content (AvgIpc) is 3.09. The second-order valence-electron chi connectivity index (χ2n) is 6.13. The molecule has 0 saturated heterocycles. The normalized spacial score (nSPS) is 11.5. The summed E-state index contributed by atoms with van der Waals surface area (Å²) in [6.07, 6.45) is 1.47. The van der Waals surface area contributed by atoms with Crippen LogP contribution in [-0.2, 0) is 16.7 Å². The highest BCUT2D eigenvalue weighted by Gasteiger charge is 2.19. The van der Waals surface area contributed by atoms with Crippen molar-refractivity contribution in [3.8, 4) is 5.75 Å². The van der Waals surface area contributed by atoms with E-state index in [2.05, 4.69) is 0 Å². The lowest BCUT2D eigenvalue weighted by atomic mass is 10.1. The van der Waals surface area contributed by atoms with Gasteiger partial charge in [0, 0.05) is 13.1 Å². The molecule has 0 N–H and O–H groups in total. The van der Waals surface area contributed by atoms with Crippen molar-refractivity contribution < 1.29 is 21.8 Å². The molecule has 0 radical (unpaired) electrons. The Morgan fingerprint density at radius 2 is 1.88 bits per heavy atom. The minimum atomic E-state index is -3.54. The molecule has 0 aliphatic rings. The van der Waals surface area contributed by atoms with Crippen molar-refractivity contribution in [2.24, 2.45) is 5.92 Å². The lowest BCUT2D eigenvalue weighted by molar-refractivity contribution is 0.0690. The predicted molar refractivity (Wildman–Crippen MR) is 94.8 cm³/mol. The van der Waals surface area contributed by atoms with Gasteiger partial charge in [-0.15, -0.1) is 0 Å². The zero-order chi connectivity index (χ0) is 18.4. The predicted octanol–water partition coefficient (Wildman–Crippen LogP) is 3.31. The van der Waals surface area contributed by atoms with E-state index in [0.717, 1.165) is 5.56 Å². The number of benzene rings is 1. The smallest absolute Gasteiger partial charge is 0.308 e. The maximum atomic E-state index is 12.6. The van der Waals surface area contributed by atoms with Gasteiger partial charge in [-0.2, -0.15) is 8.42 Å². The highest BCUT2D eigenvalue weighted by Crippen LogP contribution is 2.18. The van der Waals surface area contributed by atoms with E-state index in [-0.39, 0.29) is 17.4 Å². The summed E-state index contributed by atoms with van der Waals surface area (Å²) in [5, 5.41) is 0. The Bertz CT molecular complexity index is 779. The molecule has 2 rings (SSSR count). The third-order valence-corrected chi connectivity index (χ3v) is 4.63. The Balaban J connectivity index is 2.12. The van der Waals surface area contributed by atoms with E-state index in [1.165, 1.54) is 13.2 Å². The lowest BCUT2D eigenvalue weighted by Crippen LogP contribution is -2.33. The van der Waals surface area contributed by atoms with Crippen LogP contribution in [0.2, 0.25) is 0 Å². The fourth-order valence-electron chi connectivity index (χ4n) is 2.29. The molecule has 1 aromatic carbocycles. The zero-order valence-electron chi connectivity index (χ0n) is 14.6. The number of hydrogen-bond donors (Lipinski definition) is 0. The second-order valence-corrected chi connectivity index (χ2v) is 7.99. The summed E-state index contributed by atoms with van der Waals surface area (Å²) in [6, 6.07) is 10.0. The summed E-state index contributed by atoms with van der Waals surface area (Å²) in [7, 11) is -3.54. The number of hydrogen-bond acceptors (Lipinski definition) is 5. The fraction of sp³-hybridized carbons (Fsp3) is 0.389. The molecular weight excluding hydrogens is 342 g/mol. The molecule has 0 fully saturated rings. The van der Waals surface area contributed by atoms with Crippen molar-refractivity contribution in [1.82, 2.24) is 4.90 Å². The van der Waals surface area contributed by atoms with Gasteiger partial charge in [-0.3, -0.25) is 4.79 Å². The van der Waals surface area contributed by atoms with Crippen LogP contribution >= 0.6 is 0 Å². The van der Waals surface area contributed by atoms with Crippen LogP contribution < -0.4 is 4.18 Å². The number of nitrogens with zero attached hydrogens (tertiary/aromatic N) is 1. The van der Waals surface area contributed by atoms with Gasteiger partial charge in [0.1, 0.15) is 5.75 Å². The van der Waals surface area contributed by atoms with Crippen molar-refractivity contribution in [3.63, 3.8) is 0 Å². The van der Waals surface area contributed by atoms with Crippen molar-refractivity contribution in [1.29, 1.82) is 0 Å². The molecule has 1 amide bonds. The van der Waals surface area contributed by atoms with E-state index < -0.39 is 10.1 Å². The molecule has 1 heterocycles. The summed E-state index contributed by atoms with van der Waals surface area (Å²) in [5.41, 5.74) is 0.877. The Hall–Kier alpha value is -2.28. The van der Waals surface area contributed by atoms with E-state index in [4.69, 9.17) is 8.60 Å². The zero-order valence-corrected chi connectivity index (χ0v) is 15.5. The molecule has 2 aromatic rings. The number of carbonyl (C=O) groups excluding carboxylic acids is 1. The summed E-state index contributed by atoms with van der Waals surface area (Å²) >= 11 is 0. The van der Waals surface area contributed by atoms with Gasteiger partial charge in [-0.25, -0.2) is 0 Å². The number of amides is 1. The Morgan fingerprint density at radius 1 is 1.20 bits per heavy atom. The van der Waals surface area contributed by atoms with Crippen LogP contribution in [0.15, 0.2) is 47.1 Å². The number of rotatable bonds is 8. The first-order chi connectivity index (χ1) is 11.8. The molecule has 0 bridgehead atoms. The first-order valence-electron chi connectivity index (χ1n) is 8.14. The minimum absolute atomic E-state index is 0.0887. The molecular formula is C18H23NO5S. The van der Waals surface area contributed by atoms with Gasteiger partial charge < -0.3 is 13.5 Å². The molecule has 7 heteroatoms. The van der Waals surface area contributed by atoms with Crippen LogP contribution in [0.5, 0.6) is 5.75 Å². The highest BCUT2D eigenvalue weighted by molar-refractivity contribution is 7.87. The van der Waals surface area contributed by atoms with Gasteiger partial charge >= 0.3 is 10.1 Å². The second kappa shape index (κ2) is 8.20. The van der Waals surface area contributed by atoms with Crippen molar-refractivity contribution in [3.05, 3.63) is 54.0 Å². The Morgan fingerprint density at radius 3 is 2.40 bits per heavy atom. The Labute approximate surface area is 148 Å². The van der Waals surface area contributed by atoms with Crippen LogP contribution in [0, 0.1) is 5.92 Å². The van der Waals surface area contributed by atoms with E-state index in [1.807, 2.05) is 13.8 Å². The maximum absolute atomic E-state index is 12.6. The molecule has 6 nitrogen and oxygen atoms in total. The molecule has 0 aliphatic heterocycles. The molecule has 1 aromatic heterocycles. The Kier molecular flexibility index (Phi) is 6.25. The number of carbonyl (C=O) groups is 1. The summed E-state index contributed by atoms with van der Waals surface area (Å²) < 4.78 is 33.1. The van der Waals surface area contributed by atoms with Gasteiger partial charge in [-0.05, 0) is 42.7 Å². The highest BCUT2D eigenvalue weighted by atomic mass is 32.2. The van der Waals surface area contributed by atoms with Gasteiger partial charge in [0.05, 0.1) is 12.0 Å². The minimum Gasteiger partial charge on any atom is -0.459 e. The molecule has 0 unspecified atom stereocenters. The topological polar surface area (TPSA) is 76.8 Å². The van der Waals surface area contributed by atoms with Crippen LogP contribution in [-0.4, -0.2) is 31.5 Å². The summed E-state index contributed by atoms with van der Waals surface area (Å²) in [5.74, 6) is 0.603. The van der Waals surface area contributed by atoms with Crippen molar-refractivity contribution in [2.45, 2.75) is 27.3 Å². The van der Waals surface area contributed by atoms with Gasteiger partial charge in [0.25, 0.3) is 5.91 Å². The first kappa shape index (κ1) is 19.1. The average molecular weight is 365 g/mol. The monoisotopic (exact) mass is 365 g/mol. The molecule has 0 atom stereocenters. The standard InChI is InChI=1S/C18H23NO5S/c1-4-25(21,22)24-16-9-7-15(8-10-16)13-19(12-14(2)3)18(20)17-6-5-11-23-17/h5-11,14H,4,12-13H2,1-3H3. The van der Waals surface area contributed by atoms with Gasteiger partial charge in [0.2, 0.25) is 0 Å². The van der Waals surface area contributed by atoms with E-state index >= 15 is 0 Å². The van der Waals surface area contributed by atoms with Crippen LogP contribution in [0.4, 0.5) is 0 Å². The van der Waals surface area contributed by atoms with Crippen LogP contribution in [0.1, 0.15) is 36.9 Å². The molecule has 0 spiro atoms. The maximum Gasteiger partial charge on any atom is 0.308 e. The van der Waals surface area contributed by atoms with Crippen molar-refractivity contribution >= 4 is 16.0 Å². The van der Waals surface area contributed by atoms with Gasteiger partial charge in [0.15, 0.2) is 5.76 Å². The van der Waals surface area contributed by atoms with E-state index in [1.54, 1.807) is 41.3 Å². The van der Waals surface area contributed by atoms with Crippen LogP contribution in [0.25, 0.3) is 0 Å². The summed E-state index contributed by atoms with van der Waals surface area (Å²) in [6.45, 7) is 6.58. The van der Waals surface area contributed by atoms with Crippen LogP contribution in [0.3, 0.4) is 0 Å². The SMILES string of the molecule is CCS(=O)(=O)Oc1ccc(CN(CC(C)C)C(=O)c2ccco2)cc1. The van der Waals surface area contributed by atoms with Gasteiger partial charge in [-0.1, -0.05) is 26.0 Å². The largest absolute Gasteiger partial charge is 0.459 e. The van der Waals surface area contributed by atoms with E-state index in [0.29, 0.717) is 24.8 Å². The summed E-state index contributed by atoms with van der Waals surface area (Å²) in [4.78, 5) is 14.3. The number of furan rings is 1. The fourth-order valence-corrected chi connectivity index (χ4v) is 2.81.